The molecule has 0 unspecified atom stereocenters. The quantitative estimate of drug-likeness (QED) is 0.496. The molecule has 166 valence electrons. The Morgan fingerprint density at radius 1 is 1.07 bits per heavy atom. The number of rotatable bonds is 12. The van der Waals surface area contributed by atoms with E-state index in [1.54, 1.807) is 13.8 Å². The van der Waals surface area contributed by atoms with E-state index in [0.29, 0.717) is 6.54 Å². The Bertz CT molecular complexity index is 701. The van der Waals surface area contributed by atoms with Crippen LogP contribution in [0.1, 0.15) is 59.8 Å². The maximum absolute atomic E-state index is 11.7. The highest BCUT2D eigenvalue weighted by Crippen LogP contribution is 2.29. The number of sulfonamides is 1. The van der Waals surface area contributed by atoms with Gasteiger partial charge in [-0.25, -0.2) is 13.1 Å². The third-order valence-corrected chi connectivity index (χ3v) is 7.72. The van der Waals surface area contributed by atoms with Crippen LogP contribution in [-0.4, -0.2) is 52.1 Å². The second kappa shape index (κ2) is 11.2. The van der Waals surface area contributed by atoms with Crippen molar-refractivity contribution in [3.8, 4) is 0 Å². The van der Waals surface area contributed by atoms with E-state index < -0.39 is 10.0 Å². The van der Waals surface area contributed by atoms with Gasteiger partial charge in [0.15, 0.2) is 0 Å². The van der Waals surface area contributed by atoms with Gasteiger partial charge in [-0.05, 0) is 63.8 Å². The molecule has 29 heavy (non-hydrogen) atoms. The van der Waals surface area contributed by atoms with Crippen molar-refractivity contribution in [2.24, 2.45) is 0 Å². The maximum Gasteiger partial charge on any atom is 0.213 e. The Morgan fingerprint density at radius 3 is 2.34 bits per heavy atom. The van der Waals surface area contributed by atoms with Gasteiger partial charge in [-0.3, -0.25) is 0 Å². The molecule has 0 saturated carbocycles. The summed E-state index contributed by atoms with van der Waals surface area (Å²) >= 11 is 0. The van der Waals surface area contributed by atoms with Gasteiger partial charge in [0.1, 0.15) is 0 Å². The Hall–Kier alpha value is -1.31. The summed E-state index contributed by atoms with van der Waals surface area (Å²) in [6.45, 7) is 11.9. The first-order valence-electron chi connectivity index (χ1n) is 11.0. The number of anilines is 2. The molecule has 1 saturated heterocycles. The molecule has 0 bridgehead atoms. The molecule has 0 atom stereocenters. The van der Waals surface area contributed by atoms with Crippen LogP contribution in [0.4, 0.5) is 11.4 Å². The molecule has 0 spiro atoms. The van der Waals surface area contributed by atoms with Crippen LogP contribution < -0.4 is 14.9 Å². The molecule has 1 heterocycles. The maximum atomic E-state index is 11.7. The fourth-order valence-corrected chi connectivity index (χ4v) is 4.34. The summed E-state index contributed by atoms with van der Waals surface area (Å²) in [6.07, 6.45) is 4.96. The molecule has 0 radical (unpaired) electrons. The lowest BCUT2D eigenvalue weighted by molar-refractivity contribution is -0.0604. The summed E-state index contributed by atoms with van der Waals surface area (Å²) in [6, 6.07) is 8.65. The van der Waals surface area contributed by atoms with Crippen molar-refractivity contribution in [3.05, 3.63) is 24.3 Å². The van der Waals surface area contributed by atoms with Crippen LogP contribution in [0.15, 0.2) is 24.3 Å². The fraction of sp³-hybridized carbons (Fsp3) is 0.727. The zero-order valence-electron chi connectivity index (χ0n) is 18.5. The van der Waals surface area contributed by atoms with Gasteiger partial charge < -0.3 is 15.0 Å². The van der Waals surface area contributed by atoms with Crippen LogP contribution in [0.3, 0.4) is 0 Å². The molecule has 1 aromatic rings. The smallest absolute Gasteiger partial charge is 0.213 e. The van der Waals surface area contributed by atoms with Gasteiger partial charge in [-0.1, -0.05) is 20.3 Å². The van der Waals surface area contributed by atoms with Gasteiger partial charge >= 0.3 is 0 Å². The summed E-state index contributed by atoms with van der Waals surface area (Å²) in [4.78, 5) is 2.43. The summed E-state index contributed by atoms with van der Waals surface area (Å²) < 4.78 is 32.1. The molecule has 0 aliphatic carbocycles. The second-order valence-electron chi connectivity index (χ2n) is 8.18. The molecule has 0 amide bonds. The third kappa shape index (κ3) is 7.15. The van der Waals surface area contributed by atoms with E-state index in [1.807, 2.05) is 0 Å². The van der Waals surface area contributed by atoms with Crippen LogP contribution in [0, 0.1) is 0 Å². The SMILES string of the molecule is CCC1(CC)CN(c2ccc(NCCCCCNS(=O)(=O)C(C)C)cc2)CCO1. The highest BCUT2D eigenvalue weighted by molar-refractivity contribution is 7.90. The predicted molar refractivity (Wildman–Crippen MR) is 122 cm³/mol. The first-order chi connectivity index (χ1) is 13.8. The molecule has 0 aromatic heterocycles. The van der Waals surface area contributed by atoms with E-state index in [4.69, 9.17) is 4.74 Å². The van der Waals surface area contributed by atoms with E-state index >= 15 is 0 Å². The van der Waals surface area contributed by atoms with Crippen LogP contribution in [0.5, 0.6) is 0 Å². The van der Waals surface area contributed by atoms with Crippen LogP contribution >= 0.6 is 0 Å². The Kier molecular flexibility index (Phi) is 9.24. The van der Waals surface area contributed by atoms with Crippen LogP contribution in [0.25, 0.3) is 0 Å². The first kappa shape index (κ1) is 24.0. The van der Waals surface area contributed by atoms with Crippen molar-refractivity contribution in [2.45, 2.75) is 70.7 Å². The summed E-state index contributed by atoms with van der Waals surface area (Å²) in [5.74, 6) is 0. The third-order valence-electron chi connectivity index (χ3n) is 5.88. The number of ether oxygens (including phenoxy) is 1. The van der Waals surface area contributed by atoms with Crippen molar-refractivity contribution in [1.29, 1.82) is 0 Å². The lowest BCUT2D eigenvalue weighted by Gasteiger charge is -2.43. The van der Waals surface area contributed by atoms with E-state index in [1.165, 1.54) is 5.69 Å². The monoisotopic (exact) mass is 425 g/mol. The molecule has 6 nitrogen and oxygen atoms in total. The normalized spacial score (nSPS) is 16.9. The lowest BCUT2D eigenvalue weighted by atomic mass is 9.94. The van der Waals surface area contributed by atoms with Gasteiger partial charge in [0.05, 0.1) is 17.5 Å². The van der Waals surface area contributed by atoms with Gasteiger partial charge in [0.25, 0.3) is 0 Å². The van der Waals surface area contributed by atoms with Crippen LogP contribution in [0.2, 0.25) is 0 Å². The Labute approximate surface area is 177 Å². The molecule has 2 N–H and O–H groups in total. The summed E-state index contributed by atoms with van der Waals surface area (Å²) in [5.41, 5.74) is 2.36. The lowest BCUT2D eigenvalue weighted by Crippen LogP contribution is -2.51. The van der Waals surface area contributed by atoms with E-state index in [0.717, 1.165) is 64.0 Å². The number of nitrogens with one attached hydrogen (secondary N) is 2. The second-order valence-corrected chi connectivity index (χ2v) is 10.5. The van der Waals surface area contributed by atoms with Crippen molar-refractivity contribution in [3.63, 3.8) is 0 Å². The Morgan fingerprint density at radius 2 is 1.72 bits per heavy atom. The average molecular weight is 426 g/mol. The highest BCUT2D eigenvalue weighted by atomic mass is 32.2. The fourth-order valence-electron chi connectivity index (χ4n) is 3.57. The minimum Gasteiger partial charge on any atom is -0.385 e. The highest BCUT2D eigenvalue weighted by Gasteiger charge is 2.33. The minimum atomic E-state index is -3.14. The number of unbranched alkanes of at least 4 members (excludes halogenated alkanes) is 2. The van der Waals surface area contributed by atoms with Gasteiger partial charge in [0, 0.05) is 37.6 Å². The van der Waals surface area contributed by atoms with Crippen LogP contribution in [-0.2, 0) is 14.8 Å². The first-order valence-corrected chi connectivity index (χ1v) is 12.6. The van der Waals surface area contributed by atoms with Crippen molar-refractivity contribution < 1.29 is 13.2 Å². The summed E-state index contributed by atoms with van der Waals surface area (Å²) in [7, 11) is -3.14. The van der Waals surface area contributed by atoms with Crippen molar-refractivity contribution in [2.75, 3.05) is 43.0 Å². The molecular weight excluding hydrogens is 386 g/mol. The average Bonchev–Trinajstić information content (AvgIpc) is 2.73. The molecular formula is C22H39N3O3S. The number of morpholine rings is 1. The van der Waals surface area contributed by atoms with Crippen molar-refractivity contribution in [1.82, 2.24) is 4.72 Å². The van der Waals surface area contributed by atoms with Gasteiger partial charge in [-0.2, -0.15) is 0 Å². The van der Waals surface area contributed by atoms with E-state index in [9.17, 15) is 8.42 Å². The number of hydrogen-bond donors (Lipinski definition) is 2. The number of hydrogen-bond acceptors (Lipinski definition) is 5. The molecule has 1 aliphatic rings. The number of benzene rings is 1. The zero-order valence-corrected chi connectivity index (χ0v) is 19.4. The standard InChI is InChI=1S/C22H39N3O3S/c1-5-22(6-2)18-25(16-17-28-22)21-12-10-20(11-13-21)23-14-8-7-9-15-24-29(26,27)19(3)4/h10-13,19,23-24H,5-9,14-18H2,1-4H3. The molecule has 1 fully saturated rings. The molecule has 2 rings (SSSR count). The predicted octanol–water partition coefficient (Wildman–Crippen LogP) is 3.99. The molecule has 7 heteroatoms. The zero-order chi connectivity index (χ0) is 21.3. The largest absolute Gasteiger partial charge is 0.385 e. The Balaban J connectivity index is 1.69. The van der Waals surface area contributed by atoms with E-state index in [2.05, 4.69) is 53.1 Å². The van der Waals surface area contributed by atoms with Gasteiger partial charge in [-0.15, -0.1) is 0 Å². The number of nitrogens with zero attached hydrogens (tertiary/aromatic N) is 1. The summed E-state index contributed by atoms with van der Waals surface area (Å²) in [5, 5.41) is 3.09. The minimum absolute atomic E-state index is 0.0153. The van der Waals surface area contributed by atoms with Gasteiger partial charge in [0.2, 0.25) is 10.0 Å². The van der Waals surface area contributed by atoms with Crippen molar-refractivity contribution >= 4 is 21.4 Å². The van der Waals surface area contributed by atoms with E-state index in [-0.39, 0.29) is 10.9 Å². The molecule has 1 aliphatic heterocycles. The topological polar surface area (TPSA) is 70.7 Å². The molecule has 1 aromatic carbocycles.